The number of carbonyl (C=O) groups is 1. The second-order valence-corrected chi connectivity index (χ2v) is 9.18. The highest BCUT2D eigenvalue weighted by Gasteiger charge is 2.15. The van der Waals surface area contributed by atoms with Gasteiger partial charge in [0.15, 0.2) is 5.65 Å². The Labute approximate surface area is 180 Å². The van der Waals surface area contributed by atoms with Crippen LogP contribution in [-0.2, 0) is 21.2 Å². The molecule has 0 atom stereocenters. The maximum Gasteiger partial charge on any atom is 0.240 e. The van der Waals surface area contributed by atoms with Crippen molar-refractivity contribution in [3.05, 3.63) is 65.5 Å². The molecule has 0 saturated heterocycles. The molecule has 2 N–H and O–H groups in total. The van der Waals surface area contributed by atoms with Crippen molar-refractivity contribution in [2.75, 3.05) is 12.4 Å². The molecule has 1 amide bonds. The van der Waals surface area contributed by atoms with Gasteiger partial charge >= 0.3 is 0 Å². The Hall–Kier alpha value is -3.30. The van der Waals surface area contributed by atoms with Gasteiger partial charge in [-0.1, -0.05) is 12.1 Å². The number of hydrogen-bond acceptors (Lipinski definition) is 5. The summed E-state index contributed by atoms with van der Waals surface area (Å²) >= 11 is 0. The van der Waals surface area contributed by atoms with E-state index in [2.05, 4.69) is 15.1 Å². The van der Waals surface area contributed by atoms with Crippen LogP contribution in [0.25, 0.3) is 16.6 Å². The van der Waals surface area contributed by atoms with Gasteiger partial charge in [0.1, 0.15) is 0 Å². The summed E-state index contributed by atoms with van der Waals surface area (Å²) in [5, 5.41) is 8.46. The SMILES string of the molecule is CNS(=O)(=O)c1ccc(NC(=O)CCc2c(C)nc3c4ccccc4nn3c2C)cc1. The van der Waals surface area contributed by atoms with Gasteiger partial charge in [0.05, 0.1) is 10.4 Å². The molecule has 0 unspecified atom stereocenters. The normalized spacial score (nSPS) is 11.8. The minimum atomic E-state index is -3.50. The molecule has 2 aromatic heterocycles. The number of aromatic nitrogens is 3. The van der Waals surface area contributed by atoms with Crippen LogP contribution in [0.5, 0.6) is 0 Å². The Bertz CT molecular complexity index is 1390. The molecule has 0 saturated carbocycles. The third-order valence-electron chi connectivity index (χ3n) is 5.34. The lowest BCUT2D eigenvalue weighted by Crippen LogP contribution is -2.18. The number of hydrogen-bond donors (Lipinski definition) is 2. The van der Waals surface area contributed by atoms with Gasteiger partial charge in [-0.3, -0.25) is 4.79 Å². The molecule has 0 aliphatic carbocycles. The van der Waals surface area contributed by atoms with Crippen molar-refractivity contribution in [2.24, 2.45) is 0 Å². The number of fused-ring (bicyclic) bond motifs is 3. The van der Waals surface area contributed by atoms with E-state index in [-0.39, 0.29) is 17.2 Å². The fourth-order valence-electron chi connectivity index (χ4n) is 3.64. The smallest absolute Gasteiger partial charge is 0.240 e. The zero-order valence-corrected chi connectivity index (χ0v) is 18.3. The lowest BCUT2D eigenvalue weighted by molar-refractivity contribution is -0.116. The molecule has 0 bridgehead atoms. The van der Waals surface area contributed by atoms with Crippen molar-refractivity contribution in [1.82, 2.24) is 19.3 Å². The summed E-state index contributed by atoms with van der Waals surface area (Å²) in [6.07, 6.45) is 0.793. The fourth-order valence-corrected chi connectivity index (χ4v) is 4.37. The number of nitrogens with zero attached hydrogens (tertiary/aromatic N) is 3. The molecule has 160 valence electrons. The van der Waals surface area contributed by atoms with E-state index in [0.717, 1.165) is 33.5 Å². The van der Waals surface area contributed by atoms with E-state index in [4.69, 9.17) is 4.98 Å². The molecule has 0 radical (unpaired) electrons. The molecule has 4 aromatic rings. The van der Waals surface area contributed by atoms with Crippen molar-refractivity contribution in [3.8, 4) is 0 Å². The molecule has 2 aromatic carbocycles. The molecule has 0 fully saturated rings. The van der Waals surface area contributed by atoms with Gasteiger partial charge in [-0.2, -0.15) is 5.10 Å². The minimum Gasteiger partial charge on any atom is -0.326 e. The largest absolute Gasteiger partial charge is 0.326 e. The van der Waals surface area contributed by atoms with Crippen molar-refractivity contribution < 1.29 is 13.2 Å². The molecule has 2 heterocycles. The number of sulfonamides is 1. The topological polar surface area (TPSA) is 105 Å². The van der Waals surface area contributed by atoms with Gasteiger partial charge in [0.25, 0.3) is 0 Å². The van der Waals surface area contributed by atoms with E-state index in [1.807, 2.05) is 42.6 Å². The fraction of sp³-hybridized carbons (Fsp3) is 0.227. The highest BCUT2D eigenvalue weighted by molar-refractivity contribution is 7.89. The maximum absolute atomic E-state index is 12.5. The van der Waals surface area contributed by atoms with Crippen molar-refractivity contribution in [2.45, 2.75) is 31.6 Å². The highest BCUT2D eigenvalue weighted by atomic mass is 32.2. The van der Waals surface area contributed by atoms with Crippen molar-refractivity contribution in [3.63, 3.8) is 0 Å². The second kappa shape index (κ2) is 8.09. The lowest BCUT2D eigenvalue weighted by atomic mass is 10.1. The van der Waals surface area contributed by atoms with Gasteiger partial charge in [0, 0.05) is 28.9 Å². The number of carbonyl (C=O) groups excluding carboxylic acids is 1. The summed E-state index contributed by atoms with van der Waals surface area (Å²) in [5.41, 5.74) is 5.08. The number of benzene rings is 2. The zero-order valence-electron chi connectivity index (χ0n) is 17.5. The zero-order chi connectivity index (χ0) is 22.2. The molecule has 9 heteroatoms. The minimum absolute atomic E-state index is 0.144. The molecule has 0 aliphatic heterocycles. The number of nitrogens with one attached hydrogen (secondary N) is 2. The Kier molecular flexibility index (Phi) is 5.47. The van der Waals surface area contributed by atoms with E-state index in [1.54, 1.807) is 12.1 Å². The molecule has 0 spiro atoms. The van der Waals surface area contributed by atoms with Gasteiger partial charge < -0.3 is 5.32 Å². The maximum atomic E-state index is 12.5. The molecule has 4 rings (SSSR count). The first-order chi connectivity index (χ1) is 14.8. The van der Waals surface area contributed by atoms with Crippen LogP contribution in [0.3, 0.4) is 0 Å². The summed E-state index contributed by atoms with van der Waals surface area (Å²) < 4.78 is 27.7. The first-order valence-electron chi connectivity index (χ1n) is 9.87. The van der Waals surface area contributed by atoms with Crippen molar-refractivity contribution >= 4 is 38.2 Å². The molecule has 31 heavy (non-hydrogen) atoms. The van der Waals surface area contributed by atoms with E-state index in [1.165, 1.54) is 19.2 Å². The van der Waals surface area contributed by atoms with Crippen LogP contribution in [0.15, 0.2) is 53.4 Å². The molecule has 0 aliphatic rings. The summed E-state index contributed by atoms with van der Waals surface area (Å²) in [5.74, 6) is -0.159. The number of amides is 1. The van der Waals surface area contributed by atoms with Gasteiger partial charge in [-0.05, 0) is 69.3 Å². The summed E-state index contributed by atoms with van der Waals surface area (Å²) in [6.45, 7) is 3.94. The Balaban J connectivity index is 1.50. The number of anilines is 1. The molecular formula is C22H23N5O3S. The summed E-state index contributed by atoms with van der Waals surface area (Å²) in [6, 6.07) is 13.9. The quantitative estimate of drug-likeness (QED) is 0.482. The van der Waals surface area contributed by atoms with Crippen LogP contribution in [0.4, 0.5) is 5.69 Å². The predicted octanol–water partition coefficient (Wildman–Crippen LogP) is 2.98. The van der Waals surface area contributed by atoms with Gasteiger partial charge in [0.2, 0.25) is 15.9 Å². The first-order valence-corrected chi connectivity index (χ1v) is 11.4. The average Bonchev–Trinajstić information content (AvgIpc) is 3.13. The molecular weight excluding hydrogens is 414 g/mol. The predicted molar refractivity (Wildman–Crippen MR) is 120 cm³/mol. The number of rotatable bonds is 6. The lowest BCUT2D eigenvalue weighted by Gasteiger charge is -2.11. The second-order valence-electron chi connectivity index (χ2n) is 7.29. The standard InChI is InChI=1S/C22H23N5O3S/c1-14-18(15(2)27-22(24-14)19-6-4-5-7-20(19)26-27)12-13-21(28)25-16-8-10-17(11-9-16)31(29,30)23-3/h4-11,23H,12-13H2,1-3H3,(H,25,28). The Morgan fingerprint density at radius 1 is 1.06 bits per heavy atom. The van der Waals surface area contributed by atoms with Crippen LogP contribution >= 0.6 is 0 Å². The first kappa shape index (κ1) is 21.0. The molecule has 8 nitrogen and oxygen atoms in total. The number of aryl methyl sites for hydroxylation is 2. The van der Waals surface area contributed by atoms with Crippen LogP contribution in [-0.4, -0.2) is 36.0 Å². The van der Waals surface area contributed by atoms with Crippen LogP contribution in [0.2, 0.25) is 0 Å². The highest BCUT2D eigenvalue weighted by Crippen LogP contribution is 2.23. The van der Waals surface area contributed by atoms with E-state index >= 15 is 0 Å². The van der Waals surface area contributed by atoms with E-state index in [9.17, 15) is 13.2 Å². The van der Waals surface area contributed by atoms with E-state index < -0.39 is 10.0 Å². The summed E-state index contributed by atoms with van der Waals surface area (Å²) in [4.78, 5) is 17.3. The van der Waals surface area contributed by atoms with Crippen LogP contribution in [0.1, 0.15) is 23.4 Å². The third-order valence-corrected chi connectivity index (χ3v) is 6.77. The van der Waals surface area contributed by atoms with Crippen LogP contribution in [0, 0.1) is 13.8 Å². The Morgan fingerprint density at radius 3 is 2.48 bits per heavy atom. The average molecular weight is 438 g/mol. The Morgan fingerprint density at radius 2 is 1.77 bits per heavy atom. The monoisotopic (exact) mass is 437 g/mol. The summed E-state index contributed by atoms with van der Waals surface area (Å²) in [7, 11) is -2.15. The van der Waals surface area contributed by atoms with Crippen molar-refractivity contribution in [1.29, 1.82) is 0 Å². The third kappa shape index (κ3) is 4.01. The van der Waals surface area contributed by atoms with Gasteiger partial charge in [-0.25, -0.2) is 22.6 Å². The van der Waals surface area contributed by atoms with Crippen LogP contribution < -0.4 is 10.0 Å². The van der Waals surface area contributed by atoms with Gasteiger partial charge in [-0.15, -0.1) is 0 Å². The van der Waals surface area contributed by atoms with E-state index in [0.29, 0.717) is 12.1 Å².